The van der Waals surface area contributed by atoms with Crippen molar-refractivity contribution in [1.29, 1.82) is 0 Å². The molecule has 0 radical (unpaired) electrons. The number of hydrogen-bond donors (Lipinski definition) is 2. The number of anilines is 2. The van der Waals surface area contributed by atoms with E-state index in [1.165, 1.54) is 11.3 Å². The fourth-order valence-corrected chi connectivity index (χ4v) is 2.30. The van der Waals surface area contributed by atoms with Crippen molar-refractivity contribution in [3.05, 3.63) is 17.6 Å². The van der Waals surface area contributed by atoms with E-state index in [0.29, 0.717) is 0 Å². The number of aromatic nitrogens is 1. The zero-order valence-electron chi connectivity index (χ0n) is 6.34. The van der Waals surface area contributed by atoms with Gasteiger partial charge in [0.25, 0.3) is 0 Å². The molecular formula is C7H5Cl2N3S. The van der Waals surface area contributed by atoms with Crippen LogP contribution in [0.2, 0.25) is 0 Å². The fourth-order valence-electron chi connectivity index (χ4n) is 1.10. The number of fused-ring (bicyclic) bond motifs is 1. The van der Waals surface area contributed by atoms with E-state index in [1.54, 1.807) is 5.51 Å². The highest BCUT2D eigenvalue weighted by molar-refractivity contribution is 7.17. The monoisotopic (exact) mass is 233 g/mol. The van der Waals surface area contributed by atoms with Crippen molar-refractivity contribution in [3.8, 4) is 0 Å². The summed E-state index contributed by atoms with van der Waals surface area (Å²) in [5.74, 6) is 0. The first-order valence-electron chi connectivity index (χ1n) is 3.46. The molecule has 0 aliphatic rings. The Balaban J connectivity index is 2.74. The molecule has 2 aromatic rings. The number of thiazole rings is 1. The van der Waals surface area contributed by atoms with E-state index in [-0.39, 0.29) is 0 Å². The number of nitrogens with one attached hydrogen (secondary N) is 2. The lowest BCUT2D eigenvalue weighted by Crippen LogP contribution is -1.88. The van der Waals surface area contributed by atoms with E-state index in [2.05, 4.69) is 14.7 Å². The average molecular weight is 234 g/mol. The smallest absolute Gasteiger partial charge is 0.0930 e. The number of hydrogen-bond acceptors (Lipinski definition) is 4. The van der Waals surface area contributed by atoms with Gasteiger partial charge in [-0.1, -0.05) is 0 Å². The quantitative estimate of drug-likeness (QED) is 0.781. The molecule has 2 N–H and O–H groups in total. The molecule has 13 heavy (non-hydrogen) atoms. The molecule has 0 saturated heterocycles. The van der Waals surface area contributed by atoms with Crippen LogP contribution in [0.15, 0.2) is 17.6 Å². The Kier molecular flexibility index (Phi) is 2.44. The second kappa shape index (κ2) is 3.57. The summed E-state index contributed by atoms with van der Waals surface area (Å²) in [7, 11) is 0. The van der Waals surface area contributed by atoms with Gasteiger partial charge in [-0.2, -0.15) is 0 Å². The highest BCUT2D eigenvalue weighted by Gasteiger charge is 2.07. The Hall–Kier alpha value is -0.710. The molecule has 0 amide bonds. The molecule has 2 rings (SSSR count). The lowest BCUT2D eigenvalue weighted by Gasteiger charge is -2.05. The summed E-state index contributed by atoms with van der Waals surface area (Å²) in [6.45, 7) is 0. The minimum Gasteiger partial charge on any atom is -0.296 e. The molecule has 68 valence electrons. The molecule has 6 heteroatoms. The normalized spacial score (nSPS) is 10.3. The summed E-state index contributed by atoms with van der Waals surface area (Å²) in [4.78, 5) is 9.26. The zero-order chi connectivity index (χ0) is 9.26. The molecular weight excluding hydrogens is 229 g/mol. The maximum atomic E-state index is 5.58. The van der Waals surface area contributed by atoms with Gasteiger partial charge in [0.2, 0.25) is 0 Å². The maximum Gasteiger partial charge on any atom is 0.0930 e. The molecule has 0 atom stereocenters. The predicted octanol–water partition coefficient (Wildman–Crippen LogP) is 3.43. The van der Waals surface area contributed by atoms with Gasteiger partial charge in [-0.05, 0) is 12.1 Å². The molecule has 0 spiro atoms. The van der Waals surface area contributed by atoms with Crippen molar-refractivity contribution in [3.63, 3.8) is 0 Å². The fraction of sp³-hybridized carbons (Fsp3) is 0. The lowest BCUT2D eigenvalue weighted by atomic mass is 10.2. The minimum absolute atomic E-state index is 0.744. The second-order valence-corrected chi connectivity index (χ2v) is 3.61. The van der Waals surface area contributed by atoms with Gasteiger partial charge in [-0.25, -0.2) is 4.98 Å². The van der Waals surface area contributed by atoms with E-state index in [9.17, 15) is 0 Å². The highest BCUT2D eigenvalue weighted by atomic mass is 35.5. The first kappa shape index (κ1) is 8.87. The van der Waals surface area contributed by atoms with Gasteiger partial charge in [0.05, 0.1) is 27.1 Å². The standard InChI is InChI=1S/C7H5Cl2N3S/c8-11-4-1-2-5-7(6(4)12-9)13-3-10-5/h1-3,11-12H. The third kappa shape index (κ3) is 1.41. The first-order chi connectivity index (χ1) is 6.36. The van der Waals surface area contributed by atoms with E-state index in [1.807, 2.05) is 12.1 Å². The third-order valence-corrected chi connectivity index (χ3v) is 2.95. The van der Waals surface area contributed by atoms with Crippen LogP contribution in [-0.4, -0.2) is 4.98 Å². The zero-order valence-corrected chi connectivity index (χ0v) is 8.67. The predicted molar refractivity (Wildman–Crippen MR) is 58.6 cm³/mol. The molecule has 1 heterocycles. The largest absolute Gasteiger partial charge is 0.296 e. The first-order valence-corrected chi connectivity index (χ1v) is 5.10. The van der Waals surface area contributed by atoms with E-state index >= 15 is 0 Å². The number of benzene rings is 1. The Morgan fingerprint density at radius 2 is 2.08 bits per heavy atom. The summed E-state index contributed by atoms with van der Waals surface area (Å²) in [5.41, 5.74) is 4.18. The van der Waals surface area contributed by atoms with Gasteiger partial charge in [-0.15, -0.1) is 11.3 Å². The highest BCUT2D eigenvalue weighted by Crippen LogP contribution is 2.34. The van der Waals surface area contributed by atoms with Crippen LogP contribution in [0.5, 0.6) is 0 Å². The van der Waals surface area contributed by atoms with Crippen LogP contribution in [0.25, 0.3) is 10.2 Å². The van der Waals surface area contributed by atoms with Crippen LogP contribution in [0.4, 0.5) is 11.4 Å². The lowest BCUT2D eigenvalue weighted by molar-refractivity contribution is 1.50. The molecule has 0 unspecified atom stereocenters. The Morgan fingerprint density at radius 1 is 1.23 bits per heavy atom. The molecule has 0 aliphatic heterocycles. The topological polar surface area (TPSA) is 37.0 Å². The van der Waals surface area contributed by atoms with Gasteiger partial charge in [0.1, 0.15) is 0 Å². The van der Waals surface area contributed by atoms with E-state index in [4.69, 9.17) is 23.6 Å². The number of rotatable bonds is 2. The second-order valence-electron chi connectivity index (χ2n) is 2.38. The average Bonchev–Trinajstić information content (AvgIpc) is 2.63. The summed E-state index contributed by atoms with van der Waals surface area (Å²) in [6.07, 6.45) is 0. The minimum atomic E-state index is 0.744. The molecule has 0 bridgehead atoms. The van der Waals surface area contributed by atoms with Crippen molar-refractivity contribution < 1.29 is 0 Å². The van der Waals surface area contributed by atoms with Crippen molar-refractivity contribution in [2.75, 3.05) is 9.67 Å². The SMILES string of the molecule is ClNc1ccc2ncsc2c1NCl. The van der Waals surface area contributed by atoms with Gasteiger partial charge >= 0.3 is 0 Å². The maximum absolute atomic E-state index is 5.58. The van der Waals surface area contributed by atoms with Gasteiger partial charge in [0.15, 0.2) is 0 Å². The van der Waals surface area contributed by atoms with Crippen molar-refractivity contribution in [1.82, 2.24) is 4.98 Å². The van der Waals surface area contributed by atoms with Crippen LogP contribution in [0, 0.1) is 0 Å². The van der Waals surface area contributed by atoms with Gasteiger partial charge < -0.3 is 0 Å². The van der Waals surface area contributed by atoms with Crippen LogP contribution >= 0.6 is 34.9 Å². The van der Waals surface area contributed by atoms with Crippen molar-refractivity contribution in [2.45, 2.75) is 0 Å². The van der Waals surface area contributed by atoms with Crippen LogP contribution in [0.3, 0.4) is 0 Å². The van der Waals surface area contributed by atoms with Crippen molar-refractivity contribution >= 4 is 56.5 Å². The summed E-state index contributed by atoms with van der Waals surface area (Å²) >= 11 is 12.6. The molecule has 0 saturated carbocycles. The molecule has 1 aromatic heterocycles. The van der Waals surface area contributed by atoms with Crippen molar-refractivity contribution in [2.24, 2.45) is 0 Å². The third-order valence-electron chi connectivity index (χ3n) is 1.70. The number of nitrogens with zero attached hydrogens (tertiary/aromatic N) is 1. The Morgan fingerprint density at radius 3 is 2.77 bits per heavy atom. The molecule has 3 nitrogen and oxygen atoms in total. The van der Waals surface area contributed by atoms with Crippen LogP contribution in [-0.2, 0) is 0 Å². The number of halogens is 2. The Bertz CT molecular complexity index is 429. The van der Waals surface area contributed by atoms with E-state index in [0.717, 1.165) is 21.6 Å². The molecule has 0 aliphatic carbocycles. The van der Waals surface area contributed by atoms with Crippen LogP contribution < -0.4 is 9.67 Å². The summed E-state index contributed by atoms with van der Waals surface area (Å²) in [6, 6.07) is 3.70. The summed E-state index contributed by atoms with van der Waals surface area (Å²) in [5, 5.41) is 0. The van der Waals surface area contributed by atoms with E-state index < -0.39 is 0 Å². The molecule has 0 fully saturated rings. The summed E-state index contributed by atoms with van der Waals surface area (Å²) < 4.78 is 0.987. The Labute approximate surface area is 88.9 Å². The van der Waals surface area contributed by atoms with Gasteiger partial charge in [-0.3, -0.25) is 9.67 Å². The molecule has 1 aromatic carbocycles. The van der Waals surface area contributed by atoms with Crippen LogP contribution in [0.1, 0.15) is 0 Å². The van der Waals surface area contributed by atoms with Gasteiger partial charge in [0, 0.05) is 23.6 Å².